The number of nitrogens with zero attached hydrogens (tertiary/aromatic N) is 1. The fourth-order valence-electron chi connectivity index (χ4n) is 2.25. The zero-order chi connectivity index (χ0) is 15.4. The maximum atomic E-state index is 12.7. The van der Waals surface area contributed by atoms with Gasteiger partial charge in [0.2, 0.25) is 0 Å². The minimum absolute atomic E-state index is 0.191. The highest BCUT2D eigenvalue weighted by atomic mass is 19.4. The Bertz CT molecular complexity index is 425. The number of benzene rings is 1. The summed E-state index contributed by atoms with van der Waals surface area (Å²) < 4.78 is 38.2. The first-order chi connectivity index (χ1) is 9.26. The van der Waals surface area contributed by atoms with Crippen molar-refractivity contribution in [2.24, 2.45) is 5.73 Å². The Balaban J connectivity index is 2.96. The molecule has 2 N–H and O–H groups in total. The van der Waals surface area contributed by atoms with E-state index in [1.807, 2.05) is 20.8 Å². The van der Waals surface area contributed by atoms with Crippen molar-refractivity contribution < 1.29 is 13.2 Å². The maximum Gasteiger partial charge on any atom is 0.416 e. The van der Waals surface area contributed by atoms with Crippen LogP contribution < -0.4 is 5.73 Å². The van der Waals surface area contributed by atoms with Crippen molar-refractivity contribution in [3.8, 4) is 0 Å². The van der Waals surface area contributed by atoms with Crippen LogP contribution in [-0.2, 0) is 12.7 Å². The molecule has 0 fully saturated rings. The number of nitrogens with two attached hydrogens (primary N) is 1. The predicted octanol–water partition coefficient (Wildman–Crippen LogP) is 3.65. The van der Waals surface area contributed by atoms with E-state index in [-0.39, 0.29) is 5.54 Å². The smallest absolute Gasteiger partial charge is 0.329 e. The molecule has 0 aliphatic carbocycles. The van der Waals surface area contributed by atoms with E-state index in [1.165, 1.54) is 12.1 Å². The van der Waals surface area contributed by atoms with Gasteiger partial charge in [0, 0.05) is 18.6 Å². The van der Waals surface area contributed by atoms with Crippen molar-refractivity contribution in [2.45, 2.75) is 45.5 Å². The molecule has 1 unspecified atom stereocenters. The number of halogens is 3. The lowest BCUT2D eigenvalue weighted by atomic mass is 9.95. The Kier molecular flexibility index (Phi) is 5.59. The first-order valence-electron chi connectivity index (χ1n) is 6.88. The summed E-state index contributed by atoms with van der Waals surface area (Å²) in [5, 5.41) is 0. The molecule has 0 amide bonds. The van der Waals surface area contributed by atoms with Crippen LogP contribution in [0.25, 0.3) is 0 Å². The lowest BCUT2D eigenvalue weighted by molar-refractivity contribution is -0.137. The minimum Gasteiger partial charge on any atom is -0.329 e. The molecular weight excluding hydrogens is 265 g/mol. The van der Waals surface area contributed by atoms with E-state index in [4.69, 9.17) is 5.73 Å². The lowest BCUT2D eigenvalue weighted by Crippen LogP contribution is -2.50. The highest BCUT2D eigenvalue weighted by Crippen LogP contribution is 2.30. The summed E-state index contributed by atoms with van der Waals surface area (Å²) in [4.78, 5) is 2.13. The minimum atomic E-state index is -4.30. The van der Waals surface area contributed by atoms with Crippen LogP contribution in [0.4, 0.5) is 13.2 Å². The van der Waals surface area contributed by atoms with Gasteiger partial charge in [0.05, 0.1) is 5.56 Å². The average molecular weight is 288 g/mol. The van der Waals surface area contributed by atoms with Gasteiger partial charge in [0.25, 0.3) is 0 Å². The largest absolute Gasteiger partial charge is 0.416 e. The molecule has 5 heteroatoms. The van der Waals surface area contributed by atoms with Crippen LogP contribution in [0.1, 0.15) is 38.3 Å². The molecule has 1 rings (SSSR count). The average Bonchev–Trinajstić information content (AvgIpc) is 2.43. The molecule has 0 aliphatic heterocycles. The van der Waals surface area contributed by atoms with E-state index in [0.29, 0.717) is 18.7 Å². The second-order valence-corrected chi connectivity index (χ2v) is 5.27. The third-order valence-corrected chi connectivity index (χ3v) is 3.97. The van der Waals surface area contributed by atoms with Crippen molar-refractivity contribution in [3.05, 3.63) is 35.4 Å². The zero-order valence-electron chi connectivity index (χ0n) is 12.3. The number of hydrogen-bond donors (Lipinski definition) is 1. The Morgan fingerprint density at radius 3 is 2.30 bits per heavy atom. The first-order valence-corrected chi connectivity index (χ1v) is 6.88. The van der Waals surface area contributed by atoms with Gasteiger partial charge < -0.3 is 5.73 Å². The van der Waals surface area contributed by atoms with Crippen LogP contribution in [0.2, 0.25) is 0 Å². The summed E-state index contributed by atoms with van der Waals surface area (Å²) >= 11 is 0. The summed E-state index contributed by atoms with van der Waals surface area (Å²) in [6.07, 6.45) is -3.44. The maximum absolute atomic E-state index is 12.7. The molecule has 20 heavy (non-hydrogen) atoms. The fraction of sp³-hybridized carbons (Fsp3) is 0.600. The van der Waals surface area contributed by atoms with E-state index in [1.54, 1.807) is 6.07 Å². The van der Waals surface area contributed by atoms with Gasteiger partial charge >= 0.3 is 6.18 Å². The second kappa shape index (κ2) is 6.59. The quantitative estimate of drug-likeness (QED) is 0.865. The van der Waals surface area contributed by atoms with Crippen molar-refractivity contribution in [3.63, 3.8) is 0 Å². The van der Waals surface area contributed by atoms with Crippen molar-refractivity contribution >= 4 is 0 Å². The molecular formula is C15H23F3N2. The highest BCUT2D eigenvalue weighted by molar-refractivity contribution is 5.25. The van der Waals surface area contributed by atoms with Crippen LogP contribution in [0.3, 0.4) is 0 Å². The topological polar surface area (TPSA) is 29.3 Å². The van der Waals surface area contributed by atoms with Gasteiger partial charge in [-0.2, -0.15) is 13.2 Å². The standard InChI is InChI=1S/C15H23F3N2/c1-4-14(3,11-19)20(5-2)10-12-7-6-8-13(9-12)15(16,17)18/h6-9H,4-5,10-11,19H2,1-3H3. The van der Waals surface area contributed by atoms with Gasteiger partial charge in [0.15, 0.2) is 0 Å². The van der Waals surface area contributed by atoms with Gasteiger partial charge in [-0.25, -0.2) is 0 Å². The molecule has 0 aliphatic rings. The Morgan fingerprint density at radius 2 is 1.85 bits per heavy atom. The molecule has 0 heterocycles. The molecule has 0 radical (unpaired) electrons. The third kappa shape index (κ3) is 3.96. The van der Waals surface area contributed by atoms with Crippen molar-refractivity contribution in [1.29, 1.82) is 0 Å². The molecule has 114 valence electrons. The fourth-order valence-corrected chi connectivity index (χ4v) is 2.25. The summed E-state index contributed by atoms with van der Waals surface area (Å²) in [5.74, 6) is 0. The number of likely N-dealkylation sites (N-methyl/N-ethyl adjacent to an activating group) is 1. The highest BCUT2D eigenvalue weighted by Gasteiger charge is 2.31. The van der Waals surface area contributed by atoms with Crippen LogP contribution >= 0.6 is 0 Å². The molecule has 0 saturated carbocycles. The Morgan fingerprint density at radius 1 is 1.20 bits per heavy atom. The molecule has 0 aromatic heterocycles. The third-order valence-electron chi connectivity index (χ3n) is 3.97. The predicted molar refractivity (Wildman–Crippen MR) is 75.3 cm³/mol. The van der Waals surface area contributed by atoms with Gasteiger partial charge in [-0.05, 0) is 31.5 Å². The monoisotopic (exact) mass is 288 g/mol. The van der Waals surface area contributed by atoms with E-state index in [2.05, 4.69) is 4.90 Å². The van der Waals surface area contributed by atoms with Crippen LogP contribution in [-0.4, -0.2) is 23.5 Å². The number of alkyl halides is 3. The number of hydrogen-bond acceptors (Lipinski definition) is 2. The second-order valence-electron chi connectivity index (χ2n) is 5.27. The Labute approximate surface area is 118 Å². The van der Waals surface area contributed by atoms with Gasteiger partial charge in [0.1, 0.15) is 0 Å². The van der Waals surface area contributed by atoms with Gasteiger partial charge in [-0.3, -0.25) is 4.90 Å². The van der Waals surface area contributed by atoms with Crippen LogP contribution in [0.5, 0.6) is 0 Å². The summed E-state index contributed by atoms with van der Waals surface area (Å²) in [6, 6.07) is 5.50. The summed E-state index contributed by atoms with van der Waals surface area (Å²) in [7, 11) is 0. The van der Waals surface area contributed by atoms with Crippen LogP contribution in [0.15, 0.2) is 24.3 Å². The molecule has 1 atom stereocenters. The SMILES string of the molecule is CCN(Cc1cccc(C(F)(F)F)c1)C(C)(CC)CN. The van der Waals surface area contributed by atoms with E-state index < -0.39 is 11.7 Å². The normalized spacial score (nSPS) is 15.4. The Hall–Kier alpha value is -1.07. The molecule has 2 nitrogen and oxygen atoms in total. The first kappa shape index (κ1) is 17.0. The zero-order valence-corrected chi connectivity index (χ0v) is 12.3. The van der Waals surface area contributed by atoms with Crippen LogP contribution in [0, 0.1) is 0 Å². The summed E-state index contributed by atoms with van der Waals surface area (Å²) in [6.45, 7) is 7.79. The van der Waals surface area contributed by atoms with E-state index >= 15 is 0 Å². The summed E-state index contributed by atoms with van der Waals surface area (Å²) in [5.41, 5.74) is 5.70. The van der Waals surface area contributed by atoms with E-state index in [0.717, 1.165) is 19.0 Å². The van der Waals surface area contributed by atoms with Gasteiger partial charge in [-0.15, -0.1) is 0 Å². The lowest BCUT2D eigenvalue weighted by Gasteiger charge is -2.39. The number of rotatable bonds is 6. The van der Waals surface area contributed by atoms with E-state index in [9.17, 15) is 13.2 Å². The molecule has 0 saturated heterocycles. The molecule has 1 aromatic carbocycles. The van der Waals surface area contributed by atoms with Gasteiger partial charge in [-0.1, -0.05) is 32.0 Å². The molecule has 1 aromatic rings. The molecule has 0 bridgehead atoms. The molecule has 0 spiro atoms. The van der Waals surface area contributed by atoms with Crippen molar-refractivity contribution in [2.75, 3.05) is 13.1 Å². The van der Waals surface area contributed by atoms with Crippen molar-refractivity contribution in [1.82, 2.24) is 4.90 Å².